The van der Waals surface area contributed by atoms with Crippen molar-refractivity contribution in [2.75, 3.05) is 46.8 Å². The lowest BCUT2D eigenvalue weighted by molar-refractivity contribution is -0.169. The molecule has 0 aromatic heterocycles. The van der Waals surface area contributed by atoms with Gasteiger partial charge in [-0.15, -0.1) is 0 Å². The van der Waals surface area contributed by atoms with E-state index in [1.54, 1.807) is 31.4 Å². The molecule has 6 rings (SSSR count). The third-order valence-electron chi connectivity index (χ3n) is 9.48. The number of sulfone groups is 1. The van der Waals surface area contributed by atoms with Crippen LogP contribution in [0.4, 0.5) is 0 Å². The molecule has 0 amide bonds. The Kier molecular flexibility index (Phi) is 13.9. The Morgan fingerprint density at radius 1 is 0.596 bits per heavy atom. The SMILES string of the molecule is COc1ccc(-c2ccc(S(=O)(=O)c3ccc(-c4ccc(C)c(COCCOC5CCCCO5)c4)cc3)cc2)cc1COCCOC1CCCCO1. The first-order chi connectivity index (χ1) is 25.4. The summed E-state index contributed by atoms with van der Waals surface area (Å²) in [4.78, 5) is 0.473. The highest BCUT2D eigenvalue weighted by atomic mass is 32.2. The number of hydrogen-bond acceptors (Lipinski definition) is 9. The van der Waals surface area contributed by atoms with E-state index >= 15 is 0 Å². The largest absolute Gasteiger partial charge is 0.496 e. The molecule has 2 fully saturated rings. The smallest absolute Gasteiger partial charge is 0.206 e. The number of ether oxygens (including phenoxy) is 7. The fourth-order valence-electron chi connectivity index (χ4n) is 6.39. The molecule has 2 atom stereocenters. The lowest BCUT2D eigenvalue weighted by Gasteiger charge is -2.22. The average molecular weight is 731 g/mol. The molecule has 2 aliphatic rings. The van der Waals surface area contributed by atoms with Gasteiger partial charge in [-0.25, -0.2) is 8.42 Å². The van der Waals surface area contributed by atoms with Crippen molar-refractivity contribution in [1.82, 2.24) is 0 Å². The molecular weight excluding hydrogens is 681 g/mol. The van der Waals surface area contributed by atoms with Crippen LogP contribution in [-0.2, 0) is 51.5 Å². The lowest BCUT2D eigenvalue weighted by Crippen LogP contribution is -2.23. The first-order valence-electron chi connectivity index (χ1n) is 18.2. The van der Waals surface area contributed by atoms with Gasteiger partial charge in [0, 0.05) is 18.8 Å². The highest BCUT2D eigenvalue weighted by molar-refractivity contribution is 7.91. The van der Waals surface area contributed by atoms with E-state index in [1.165, 1.54) is 0 Å². The van der Waals surface area contributed by atoms with E-state index in [0.29, 0.717) is 39.6 Å². The predicted molar refractivity (Wildman–Crippen MR) is 199 cm³/mol. The van der Waals surface area contributed by atoms with E-state index in [9.17, 15) is 8.42 Å². The third-order valence-corrected chi connectivity index (χ3v) is 11.3. The van der Waals surface area contributed by atoms with Crippen molar-refractivity contribution >= 4 is 9.84 Å². The molecule has 52 heavy (non-hydrogen) atoms. The van der Waals surface area contributed by atoms with Crippen molar-refractivity contribution in [2.45, 2.75) is 81.0 Å². The van der Waals surface area contributed by atoms with Crippen molar-refractivity contribution in [3.05, 3.63) is 102 Å². The normalized spacial score (nSPS) is 18.0. The first-order valence-corrected chi connectivity index (χ1v) is 19.7. The van der Waals surface area contributed by atoms with Gasteiger partial charge in [0.05, 0.1) is 56.5 Å². The number of rotatable bonds is 17. The summed E-state index contributed by atoms with van der Waals surface area (Å²) in [6, 6.07) is 26.1. The minimum Gasteiger partial charge on any atom is -0.496 e. The standard InChI is InChI=1S/C42H50O9S/c1-31-9-10-34(27-36(31)29-46-23-25-50-41-7-3-5-21-48-41)32-11-16-38(17-12-32)52(43,44)39-18-13-33(14-19-39)35-15-20-40(45-2)37(28-35)30-47-24-26-51-42-8-4-6-22-49-42/h9-20,27-28,41-42H,3-8,21-26,29-30H2,1-2H3. The molecule has 0 N–H and O–H groups in total. The maximum absolute atomic E-state index is 13.6. The van der Waals surface area contributed by atoms with Crippen molar-refractivity contribution in [1.29, 1.82) is 0 Å². The van der Waals surface area contributed by atoms with Crippen molar-refractivity contribution < 1.29 is 41.6 Å². The van der Waals surface area contributed by atoms with Gasteiger partial charge in [-0.05, 0) is 121 Å². The summed E-state index contributed by atoms with van der Waals surface area (Å²) in [6.07, 6.45) is 6.03. The van der Waals surface area contributed by atoms with Crippen LogP contribution in [-0.4, -0.2) is 67.7 Å². The van der Waals surface area contributed by atoms with Crippen LogP contribution >= 0.6 is 0 Å². The van der Waals surface area contributed by atoms with Crippen LogP contribution in [0.3, 0.4) is 0 Å². The van der Waals surface area contributed by atoms with Crippen LogP contribution in [0.5, 0.6) is 5.75 Å². The molecule has 0 bridgehead atoms. The second kappa shape index (κ2) is 18.9. The van der Waals surface area contributed by atoms with E-state index in [2.05, 4.69) is 19.1 Å². The Bertz CT molecular complexity index is 1810. The van der Waals surface area contributed by atoms with Gasteiger partial charge in [-0.3, -0.25) is 0 Å². The summed E-state index contributed by atoms with van der Waals surface area (Å²) in [5, 5.41) is 0. The summed E-state index contributed by atoms with van der Waals surface area (Å²) in [5.41, 5.74) is 6.86. The molecule has 2 aliphatic heterocycles. The monoisotopic (exact) mass is 730 g/mol. The molecule has 2 heterocycles. The third kappa shape index (κ3) is 10.3. The van der Waals surface area contributed by atoms with Crippen LogP contribution < -0.4 is 4.74 Å². The molecule has 4 aromatic rings. The summed E-state index contributed by atoms with van der Waals surface area (Å²) >= 11 is 0. The van der Waals surface area contributed by atoms with E-state index in [1.807, 2.05) is 48.5 Å². The Balaban J connectivity index is 1.04. The lowest BCUT2D eigenvalue weighted by atomic mass is 10.0. The maximum Gasteiger partial charge on any atom is 0.206 e. The van der Waals surface area contributed by atoms with Crippen LogP contribution in [0.25, 0.3) is 22.3 Å². The van der Waals surface area contributed by atoms with Gasteiger partial charge in [0.1, 0.15) is 5.75 Å². The minimum absolute atomic E-state index is 0.119. The Morgan fingerprint density at radius 2 is 1.08 bits per heavy atom. The Labute approximate surface area is 308 Å². The second-order valence-electron chi connectivity index (χ2n) is 13.2. The van der Waals surface area contributed by atoms with E-state index < -0.39 is 9.84 Å². The van der Waals surface area contributed by atoms with Gasteiger partial charge in [0.2, 0.25) is 9.84 Å². The van der Waals surface area contributed by atoms with Crippen LogP contribution in [0, 0.1) is 6.92 Å². The average Bonchev–Trinajstić information content (AvgIpc) is 3.19. The van der Waals surface area contributed by atoms with Gasteiger partial charge < -0.3 is 33.2 Å². The Morgan fingerprint density at radius 3 is 1.58 bits per heavy atom. The van der Waals surface area contributed by atoms with Crippen molar-refractivity contribution in [3.63, 3.8) is 0 Å². The molecule has 0 spiro atoms. The van der Waals surface area contributed by atoms with E-state index in [4.69, 9.17) is 33.2 Å². The number of hydrogen-bond donors (Lipinski definition) is 0. The molecule has 278 valence electrons. The molecule has 10 heteroatoms. The van der Waals surface area contributed by atoms with Crippen molar-refractivity contribution in [2.24, 2.45) is 0 Å². The minimum atomic E-state index is -3.72. The number of aryl methyl sites for hydroxylation is 1. The van der Waals surface area contributed by atoms with Gasteiger partial charge in [-0.2, -0.15) is 0 Å². The molecule has 0 aliphatic carbocycles. The molecule has 4 aromatic carbocycles. The van der Waals surface area contributed by atoms with Gasteiger partial charge in [-0.1, -0.05) is 42.5 Å². The van der Waals surface area contributed by atoms with Crippen LogP contribution in [0.1, 0.15) is 55.2 Å². The van der Waals surface area contributed by atoms with Crippen molar-refractivity contribution in [3.8, 4) is 28.0 Å². The van der Waals surface area contributed by atoms with E-state index in [0.717, 1.165) is 96.4 Å². The zero-order valence-electron chi connectivity index (χ0n) is 30.2. The van der Waals surface area contributed by atoms with E-state index in [-0.39, 0.29) is 22.4 Å². The molecular formula is C42H50O9S. The van der Waals surface area contributed by atoms with Crippen LogP contribution in [0.15, 0.2) is 94.7 Å². The predicted octanol–water partition coefficient (Wildman–Crippen LogP) is 8.29. The van der Waals surface area contributed by atoms with Crippen LogP contribution in [0.2, 0.25) is 0 Å². The van der Waals surface area contributed by atoms with Gasteiger partial charge in [0.15, 0.2) is 12.6 Å². The second-order valence-corrected chi connectivity index (χ2v) is 15.1. The van der Waals surface area contributed by atoms with Gasteiger partial charge in [0.25, 0.3) is 0 Å². The summed E-state index contributed by atoms with van der Waals surface area (Å²) in [5.74, 6) is 0.726. The first kappa shape index (κ1) is 38.1. The highest BCUT2D eigenvalue weighted by Crippen LogP contribution is 2.31. The zero-order chi connectivity index (χ0) is 36.2. The Hall–Kier alpha value is -3.61. The fraction of sp³-hybridized carbons (Fsp3) is 0.429. The summed E-state index contributed by atoms with van der Waals surface area (Å²) in [7, 11) is -2.09. The summed E-state index contributed by atoms with van der Waals surface area (Å²) in [6.45, 7) is 6.27. The zero-order valence-corrected chi connectivity index (χ0v) is 31.0. The molecule has 2 unspecified atom stereocenters. The molecule has 9 nitrogen and oxygen atoms in total. The maximum atomic E-state index is 13.6. The summed E-state index contributed by atoms with van der Waals surface area (Å²) < 4.78 is 67.4. The molecule has 0 radical (unpaired) electrons. The fourth-order valence-corrected chi connectivity index (χ4v) is 7.65. The topological polar surface area (TPSA) is 98.8 Å². The number of benzene rings is 4. The highest BCUT2D eigenvalue weighted by Gasteiger charge is 2.19. The quantitative estimate of drug-likeness (QED) is 0.0995. The molecule has 2 saturated heterocycles. The van der Waals surface area contributed by atoms with Gasteiger partial charge >= 0.3 is 0 Å². The number of methoxy groups -OCH3 is 1. The molecule has 0 saturated carbocycles.